The highest BCUT2D eigenvalue weighted by Gasteiger charge is 2.21. The van der Waals surface area contributed by atoms with Gasteiger partial charge in [0.25, 0.3) is 0 Å². The molecule has 0 aromatic heterocycles. The molecule has 0 saturated carbocycles. The second kappa shape index (κ2) is 7.58. The van der Waals surface area contributed by atoms with Crippen molar-refractivity contribution in [3.05, 3.63) is 28.5 Å². The summed E-state index contributed by atoms with van der Waals surface area (Å²) in [6.07, 6.45) is -0.697. The van der Waals surface area contributed by atoms with E-state index in [0.717, 1.165) is 6.07 Å². The van der Waals surface area contributed by atoms with Crippen LogP contribution in [0.5, 0.6) is 0 Å². The van der Waals surface area contributed by atoms with E-state index in [0.29, 0.717) is 0 Å². The number of carboxylic acids is 2. The number of carbonyl (C=O) groups excluding carboxylic acids is 1. The van der Waals surface area contributed by atoms with E-state index in [2.05, 4.69) is 26.6 Å². The second-order valence-corrected chi connectivity index (χ2v) is 4.87. The normalized spacial score (nSPS) is 11.5. The van der Waals surface area contributed by atoms with Crippen LogP contribution in [0.25, 0.3) is 0 Å². The minimum atomic E-state index is -1.38. The number of carbonyl (C=O) groups is 3. The van der Waals surface area contributed by atoms with Gasteiger partial charge in [-0.2, -0.15) is 0 Å². The standard InChI is InChI=1S/C12H12BrFN2O5/c13-6-2-1-3-7(14)10(6)16-12(21)15-8(11(19)20)4-5-9(17)18/h1-3,8H,4-5H2,(H,17,18)(H,19,20)(H2,15,16,21)/t8-/m0/s1. The highest BCUT2D eigenvalue weighted by molar-refractivity contribution is 9.10. The molecule has 1 rings (SSSR count). The third-order valence-corrected chi connectivity index (χ3v) is 3.11. The van der Waals surface area contributed by atoms with Gasteiger partial charge >= 0.3 is 18.0 Å². The van der Waals surface area contributed by atoms with Crippen molar-refractivity contribution in [3.8, 4) is 0 Å². The van der Waals surface area contributed by atoms with E-state index in [9.17, 15) is 18.8 Å². The number of rotatable bonds is 6. The summed E-state index contributed by atoms with van der Waals surface area (Å²) in [6, 6.07) is 1.72. The second-order valence-electron chi connectivity index (χ2n) is 4.02. The number of anilines is 1. The average molecular weight is 363 g/mol. The largest absolute Gasteiger partial charge is 0.481 e. The minimum absolute atomic E-state index is 0.141. The summed E-state index contributed by atoms with van der Waals surface area (Å²) in [5, 5.41) is 21.6. The van der Waals surface area contributed by atoms with E-state index in [4.69, 9.17) is 10.2 Å². The third kappa shape index (κ3) is 5.38. The molecule has 4 N–H and O–H groups in total. The van der Waals surface area contributed by atoms with Crippen molar-refractivity contribution in [3.63, 3.8) is 0 Å². The molecule has 1 atom stereocenters. The van der Waals surface area contributed by atoms with Gasteiger partial charge in [-0.25, -0.2) is 14.0 Å². The lowest BCUT2D eigenvalue weighted by Gasteiger charge is -2.15. The van der Waals surface area contributed by atoms with Crippen molar-refractivity contribution in [2.75, 3.05) is 5.32 Å². The Balaban J connectivity index is 2.70. The highest BCUT2D eigenvalue weighted by Crippen LogP contribution is 2.24. The maximum Gasteiger partial charge on any atom is 0.326 e. The highest BCUT2D eigenvalue weighted by atomic mass is 79.9. The molecular formula is C12H12BrFN2O5. The van der Waals surface area contributed by atoms with E-state index in [1.165, 1.54) is 12.1 Å². The van der Waals surface area contributed by atoms with Gasteiger partial charge in [0.05, 0.1) is 5.69 Å². The summed E-state index contributed by atoms with van der Waals surface area (Å²) >= 11 is 3.04. The predicted octanol–water partition coefficient (Wildman–Crippen LogP) is 2.03. The van der Waals surface area contributed by atoms with E-state index in [1.807, 2.05) is 0 Å². The molecule has 0 saturated heterocycles. The number of amides is 2. The molecule has 1 aromatic carbocycles. The lowest BCUT2D eigenvalue weighted by molar-refractivity contribution is -0.140. The summed E-state index contributed by atoms with van der Waals surface area (Å²) in [5.41, 5.74) is -0.141. The number of benzene rings is 1. The van der Waals surface area contributed by atoms with E-state index < -0.39 is 36.2 Å². The molecular weight excluding hydrogens is 351 g/mol. The Hall–Kier alpha value is -2.16. The zero-order valence-corrected chi connectivity index (χ0v) is 12.2. The Kier molecular flexibility index (Phi) is 6.10. The van der Waals surface area contributed by atoms with Gasteiger partial charge in [0, 0.05) is 10.9 Å². The first-order valence-electron chi connectivity index (χ1n) is 5.77. The van der Waals surface area contributed by atoms with Gasteiger partial charge in [-0.15, -0.1) is 0 Å². The Labute approximate surface area is 127 Å². The number of para-hydroxylation sites is 1. The Morgan fingerprint density at radius 2 is 1.95 bits per heavy atom. The van der Waals surface area contributed by atoms with Crippen molar-refractivity contribution in [1.82, 2.24) is 5.32 Å². The number of halogens is 2. The average Bonchev–Trinajstić information content (AvgIpc) is 2.38. The lowest BCUT2D eigenvalue weighted by Crippen LogP contribution is -2.43. The molecule has 2 amide bonds. The number of aliphatic carboxylic acids is 2. The number of carboxylic acid groups (broad SMARTS) is 2. The van der Waals surface area contributed by atoms with Gasteiger partial charge in [0.1, 0.15) is 11.9 Å². The van der Waals surface area contributed by atoms with Crippen molar-refractivity contribution in [2.24, 2.45) is 0 Å². The quantitative estimate of drug-likeness (QED) is 0.617. The van der Waals surface area contributed by atoms with E-state index >= 15 is 0 Å². The Morgan fingerprint density at radius 3 is 2.48 bits per heavy atom. The smallest absolute Gasteiger partial charge is 0.326 e. The molecule has 114 valence electrons. The number of hydrogen-bond donors (Lipinski definition) is 4. The van der Waals surface area contributed by atoms with Gasteiger partial charge in [0.2, 0.25) is 0 Å². The Bertz CT molecular complexity index is 546. The van der Waals surface area contributed by atoms with E-state index in [-0.39, 0.29) is 16.6 Å². The maximum absolute atomic E-state index is 13.5. The molecule has 0 aliphatic carbocycles. The van der Waals surface area contributed by atoms with Crippen molar-refractivity contribution in [2.45, 2.75) is 18.9 Å². The third-order valence-electron chi connectivity index (χ3n) is 2.45. The molecule has 1 aromatic rings. The van der Waals surface area contributed by atoms with Crippen LogP contribution in [0.15, 0.2) is 22.7 Å². The van der Waals surface area contributed by atoms with Crippen LogP contribution in [0.1, 0.15) is 12.8 Å². The lowest BCUT2D eigenvalue weighted by atomic mass is 10.1. The Morgan fingerprint density at radius 1 is 1.29 bits per heavy atom. The molecule has 0 heterocycles. The fourth-order valence-electron chi connectivity index (χ4n) is 1.45. The fourth-order valence-corrected chi connectivity index (χ4v) is 1.89. The topological polar surface area (TPSA) is 116 Å². The zero-order valence-electron chi connectivity index (χ0n) is 10.6. The predicted molar refractivity (Wildman–Crippen MR) is 74.5 cm³/mol. The molecule has 0 fully saturated rings. The van der Waals surface area contributed by atoms with Crippen LogP contribution in [0.3, 0.4) is 0 Å². The van der Waals surface area contributed by atoms with E-state index in [1.54, 1.807) is 0 Å². The van der Waals surface area contributed by atoms with Gasteiger partial charge in [-0.1, -0.05) is 6.07 Å². The molecule has 0 unspecified atom stereocenters. The summed E-state index contributed by atoms with van der Waals surface area (Å²) in [7, 11) is 0. The first-order valence-corrected chi connectivity index (χ1v) is 6.56. The maximum atomic E-state index is 13.5. The summed E-state index contributed by atoms with van der Waals surface area (Å²) in [4.78, 5) is 33.0. The SMILES string of the molecule is O=C(O)CC[C@H](NC(=O)Nc1c(F)cccc1Br)C(=O)O. The zero-order chi connectivity index (χ0) is 16.0. The van der Waals surface area contributed by atoms with Crippen LogP contribution < -0.4 is 10.6 Å². The van der Waals surface area contributed by atoms with Crippen LogP contribution in [0.4, 0.5) is 14.9 Å². The van der Waals surface area contributed by atoms with Gasteiger partial charge in [-0.05, 0) is 34.5 Å². The molecule has 0 aliphatic heterocycles. The number of hydrogen-bond acceptors (Lipinski definition) is 3. The summed E-state index contributed by atoms with van der Waals surface area (Å²) in [5.74, 6) is -3.25. The first-order chi connectivity index (χ1) is 9.81. The van der Waals surface area contributed by atoms with Crippen LogP contribution in [-0.4, -0.2) is 34.2 Å². The molecule has 9 heteroatoms. The van der Waals surface area contributed by atoms with Gasteiger partial charge in [0.15, 0.2) is 0 Å². The number of nitrogens with one attached hydrogen (secondary N) is 2. The molecule has 0 spiro atoms. The molecule has 0 radical (unpaired) electrons. The molecule has 0 aliphatic rings. The van der Waals surface area contributed by atoms with Crippen LogP contribution >= 0.6 is 15.9 Å². The van der Waals surface area contributed by atoms with Crippen molar-refractivity contribution >= 4 is 39.6 Å². The van der Waals surface area contributed by atoms with Crippen LogP contribution in [-0.2, 0) is 9.59 Å². The van der Waals surface area contributed by atoms with Gasteiger partial charge < -0.3 is 20.8 Å². The van der Waals surface area contributed by atoms with Crippen molar-refractivity contribution in [1.29, 1.82) is 0 Å². The fraction of sp³-hybridized carbons (Fsp3) is 0.250. The summed E-state index contributed by atoms with van der Waals surface area (Å²) in [6.45, 7) is 0. The molecule has 7 nitrogen and oxygen atoms in total. The monoisotopic (exact) mass is 362 g/mol. The molecule has 0 bridgehead atoms. The first kappa shape index (κ1) is 16.9. The minimum Gasteiger partial charge on any atom is -0.481 e. The van der Waals surface area contributed by atoms with Crippen LogP contribution in [0.2, 0.25) is 0 Å². The van der Waals surface area contributed by atoms with Crippen molar-refractivity contribution < 1.29 is 29.0 Å². The van der Waals surface area contributed by atoms with Gasteiger partial charge in [-0.3, -0.25) is 4.79 Å². The molecule has 21 heavy (non-hydrogen) atoms. The summed E-state index contributed by atoms with van der Waals surface area (Å²) < 4.78 is 13.8. The van der Waals surface area contributed by atoms with Crippen LogP contribution in [0, 0.1) is 5.82 Å². The number of urea groups is 1.